The molecule has 0 spiro atoms. The number of pyridine rings is 2. The molecule has 1 aliphatic rings. The summed E-state index contributed by atoms with van der Waals surface area (Å²) in [7, 11) is 1.64. The van der Waals surface area contributed by atoms with Gasteiger partial charge in [-0.05, 0) is 92.9 Å². The van der Waals surface area contributed by atoms with Gasteiger partial charge in [0, 0.05) is 29.7 Å². The number of carbonyl (C=O) groups excluding carboxylic acids is 1. The van der Waals surface area contributed by atoms with E-state index in [1.165, 1.54) is 0 Å². The van der Waals surface area contributed by atoms with E-state index in [0.717, 1.165) is 45.9 Å². The number of fused-ring (bicyclic) bond motifs is 2. The molecule has 2 aromatic carbocycles. The average Bonchev–Trinajstić information content (AvgIpc) is 2.88. The van der Waals surface area contributed by atoms with Crippen molar-refractivity contribution in [3.8, 4) is 11.5 Å². The molecule has 1 atom stereocenters. The lowest BCUT2D eigenvalue weighted by Gasteiger charge is -2.34. The maximum absolute atomic E-state index is 12.3. The van der Waals surface area contributed by atoms with E-state index >= 15 is 0 Å². The fourth-order valence-corrected chi connectivity index (χ4v) is 4.61. The van der Waals surface area contributed by atoms with Gasteiger partial charge in [-0.3, -0.25) is 0 Å². The van der Waals surface area contributed by atoms with Crippen LogP contribution in [-0.2, 0) is 4.74 Å². The molecular weight excluding hydrogens is 525 g/mol. The van der Waals surface area contributed by atoms with Crippen LogP contribution in [0.1, 0.15) is 33.6 Å². The maximum atomic E-state index is 12.3. The highest BCUT2D eigenvalue weighted by molar-refractivity contribution is 6.34. The van der Waals surface area contributed by atoms with Crippen molar-refractivity contribution in [3.63, 3.8) is 0 Å². The van der Waals surface area contributed by atoms with Crippen LogP contribution in [-0.4, -0.2) is 52.9 Å². The van der Waals surface area contributed by atoms with E-state index in [9.17, 15) is 4.79 Å². The molecule has 0 saturated carbocycles. The predicted octanol–water partition coefficient (Wildman–Crippen LogP) is 7.56. The molecule has 0 bridgehead atoms. The number of carbonyl (C=O) groups is 1. The Labute approximate surface area is 232 Å². The van der Waals surface area contributed by atoms with Gasteiger partial charge in [0.15, 0.2) is 0 Å². The molecule has 200 valence electrons. The van der Waals surface area contributed by atoms with Gasteiger partial charge < -0.3 is 19.1 Å². The van der Waals surface area contributed by atoms with Crippen LogP contribution in [0.4, 0.5) is 4.79 Å². The largest absolute Gasteiger partial charge is 0.497 e. The summed E-state index contributed by atoms with van der Waals surface area (Å²) < 4.78 is 16.7. The van der Waals surface area contributed by atoms with Gasteiger partial charge in [-0.15, -0.1) is 0 Å². The van der Waals surface area contributed by atoms with Gasteiger partial charge in [0.25, 0.3) is 0 Å². The predicted molar refractivity (Wildman–Crippen MR) is 152 cm³/mol. The summed E-state index contributed by atoms with van der Waals surface area (Å²) in [6.45, 7) is 6.85. The maximum Gasteiger partial charge on any atom is 0.410 e. The Morgan fingerprint density at radius 2 is 1.50 bits per heavy atom. The zero-order chi connectivity index (χ0) is 27.3. The quantitative estimate of drug-likeness (QED) is 0.243. The van der Waals surface area contributed by atoms with Crippen LogP contribution >= 0.6 is 23.2 Å². The van der Waals surface area contributed by atoms with Crippen LogP contribution in [0.2, 0.25) is 10.3 Å². The van der Waals surface area contributed by atoms with Gasteiger partial charge in [0.1, 0.15) is 33.5 Å². The number of methoxy groups -OCH3 is 1. The molecule has 1 amide bonds. The first-order chi connectivity index (χ1) is 18.1. The van der Waals surface area contributed by atoms with Gasteiger partial charge in [0.2, 0.25) is 0 Å². The van der Waals surface area contributed by atoms with Crippen molar-refractivity contribution >= 4 is 50.8 Å². The molecule has 1 fully saturated rings. The molecule has 0 N–H and O–H groups in total. The molecule has 3 heterocycles. The zero-order valence-corrected chi connectivity index (χ0v) is 23.4. The van der Waals surface area contributed by atoms with E-state index in [2.05, 4.69) is 9.97 Å². The number of likely N-dealkylation sites (tertiary alicyclic amines) is 1. The van der Waals surface area contributed by atoms with E-state index < -0.39 is 5.60 Å². The number of rotatable bonds is 3. The van der Waals surface area contributed by atoms with Gasteiger partial charge in [-0.2, -0.15) is 0 Å². The molecule has 38 heavy (non-hydrogen) atoms. The third-order valence-electron chi connectivity index (χ3n) is 5.94. The van der Waals surface area contributed by atoms with Crippen LogP contribution in [0.25, 0.3) is 21.5 Å². The number of hydrogen-bond acceptors (Lipinski definition) is 6. The second-order valence-corrected chi connectivity index (χ2v) is 10.7. The molecular formula is C29H31Cl2N3O4. The van der Waals surface area contributed by atoms with E-state index in [4.69, 9.17) is 37.4 Å². The van der Waals surface area contributed by atoms with Crippen molar-refractivity contribution in [1.82, 2.24) is 14.9 Å². The number of hydrogen-bond donors (Lipinski definition) is 0. The van der Waals surface area contributed by atoms with Gasteiger partial charge in [0.05, 0.1) is 13.7 Å². The van der Waals surface area contributed by atoms with Crippen LogP contribution in [0.5, 0.6) is 11.5 Å². The summed E-state index contributed by atoms with van der Waals surface area (Å²) in [5, 5.41) is 4.88. The third kappa shape index (κ3) is 7.17. The normalized spacial score (nSPS) is 15.5. The van der Waals surface area contributed by atoms with Gasteiger partial charge in [-0.25, -0.2) is 14.8 Å². The van der Waals surface area contributed by atoms with E-state index in [1.54, 1.807) is 24.4 Å². The number of aromatic nitrogens is 2. The highest BCUT2D eigenvalue weighted by atomic mass is 35.5. The second-order valence-electron chi connectivity index (χ2n) is 9.98. The van der Waals surface area contributed by atoms with Crippen LogP contribution in [0.3, 0.4) is 0 Å². The molecule has 9 heteroatoms. The van der Waals surface area contributed by atoms with Gasteiger partial charge >= 0.3 is 6.09 Å². The monoisotopic (exact) mass is 555 g/mol. The lowest BCUT2D eigenvalue weighted by Crippen LogP contribution is -2.46. The number of benzene rings is 2. The fourth-order valence-electron chi connectivity index (χ4n) is 4.16. The summed E-state index contributed by atoms with van der Waals surface area (Å²) in [5.41, 5.74) is -0.490. The highest BCUT2D eigenvalue weighted by Crippen LogP contribution is 2.27. The van der Waals surface area contributed by atoms with Gasteiger partial charge in [-0.1, -0.05) is 23.2 Å². The molecule has 4 aromatic rings. The van der Waals surface area contributed by atoms with Crippen molar-refractivity contribution in [2.75, 3.05) is 20.2 Å². The van der Waals surface area contributed by atoms with Crippen molar-refractivity contribution in [3.05, 3.63) is 71.2 Å². The van der Waals surface area contributed by atoms with Crippen molar-refractivity contribution in [1.29, 1.82) is 0 Å². The molecule has 0 aliphatic carbocycles. The zero-order valence-electron chi connectivity index (χ0n) is 21.9. The molecule has 5 rings (SSSR count). The summed E-state index contributed by atoms with van der Waals surface area (Å²) in [6.07, 6.45) is 4.85. The molecule has 1 aliphatic heterocycles. The Bertz CT molecular complexity index is 1420. The smallest absolute Gasteiger partial charge is 0.410 e. The first-order valence-electron chi connectivity index (χ1n) is 12.4. The summed E-state index contributed by atoms with van der Waals surface area (Å²) in [4.78, 5) is 22.0. The van der Waals surface area contributed by atoms with Crippen LogP contribution < -0.4 is 9.47 Å². The number of piperidine rings is 1. The number of nitrogens with zero attached hydrogens (tertiary/aromatic N) is 3. The van der Waals surface area contributed by atoms with E-state index in [0.29, 0.717) is 23.4 Å². The minimum Gasteiger partial charge on any atom is -0.497 e. The average molecular weight is 556 g/mol. The molecule has 0 radical (unpaired) electrons. The molecule has 7 nitrogen and oxygen atoms in total. The summed E-state index contributed by atoms with van der Waals surface area (Å²) in [6, 6.07) is 15.3. The molecule has 1 unspecified atom stereocenters. The Hall–Kier alpha value is -3.29. The lowest BCUT2D eigenvalue weighted by molar-refractivity contribution is 0.00777. The fraction of sp³-hybridized carbons (Fsp3) is 0.345. The minimum absolute atomic E-state index is 0.0453. The standard InChI is InChI=1S/C19H23ClN2O3.C10H8ClNO/c1-19(2,3)25-18(23)22-10-4-5-15(12-22)24-14-6-7-16-13(11-14)8-9-21-17(16)20;1-13-8-2-3-9-7(6-8)4-5-12-10(9)11/h6-9,11,15H,4-5,10,12H2,1-3H3;2-6H,1H3. The number of amides is 1. The summed E-state index contributed by atoms with van der Waals surface area (Å²) in [5.74, 6) is 1.60. The Morgan fingerprint density at radius 1 is 0.921 bits per heavy atom. The van der Waals surface area contributed by atoms with E-state index in [1.807, 2.05) is 69.3 Å². The summed E-state index contributed by atoms with van der Waals surface area (Å²) >= 11 is 12.0. The number of halogens is 2. The van der Waals surface area contributed by atoms with Crippen molar-refractivity contribution in [2.24, 2.45) is 0 Å². The van der Waals surface area contributed by atoms with Crippen LogP contribution in [0, 0.1) is 0 Å². The van der Waals surface area contributed by atoms with Crippen molar-refractivity contribution in [2.45, 2.75) is 45.3 Å². The highest BCUT2D eigenvalue weighted by Gasteiger charge is 2.28. The SMILES string of the molecule is CC(C)(C)OC(=O)N1CCCC(Oc2ccc3c(Cl)nccc3c2)C1.COc1ccc2c(Cl)nccc2c1. The second kappa shape index (κ2) is 12.0. The number of ether oxygens (including phenoxy) is 3. The van der Waals surface area contributed by atoms with Crippen molar-refractivity contribution < 1.29 is 19.0 Å². The molecule has 2 aromatic heterocycles. The van der Waals surface area contributed by atoms with E-state index in [-0.39, 0.29) is 12.2 Å². The third-order valence-corrected chi connectivity index (χ3v) is 6.55. The topological polar surface area (TPSA) is 73.8 Å². The first kappa shape index (κ1) is 27.7. The first-order valence-corrected chi connectivity index (χ1v) is 13.2. The lowest BCUT2D eigenvalue weighted by atomic mass is 10.1. The molecule has 1 saturated heterocycles. The Morgan fingerprint density at radius 3 is 2.08 bits per heavy atom. The Kier molecular flexibility index (Phi) is 8.80. The van der Waals surface area contributed by atoms with Crippen LogP contribution in [0.15, 0.2) is 60.9 Å². The minimum atomic E-state index is -0.490. The Balaban J connectivity index is 0.000000216.